The summed E-state index contributed by atoms with van der Waals surface area (Å²) in [5, 5.41) is 11.0. The lowest BCUT2D eigenvalue weighted by molar-refractivity contribution is -0.654. The monoisotopic (exact) mass is 356 g/mol. The number of nitrogens with zero attached hydrogens (tertiary/aromatic N) is 4. The summed E-state index contributed by atoms with van der Waals surface area (Å²) in [6, 6.07) is 7.26. The minimum absolute atomic E-state index is 0.196. The highest BCUT2D eigenvalue weighted by molar-refractivity contribution is 7.80. The van der Waals surface area contributed by atoms with E-state index in [9.17, 15) is 13.0 Å². The smallest absolute Gasteiger partial charge is 0.408 e. The Labute approximate surface area is 138 Å². The van der Waals surface area contributed by atoms with Gasteiger partial charge in [-0.25, -0.2) is 13.0 Å². The summed E-state index contributed by atoms with van der Waals surface area (Å²) in [7, 11) is -0.983. The van der Waals surface area contributed by atoms with E-state index >= 15 is 0 Å². The topological polar surface area (TPSA) is 98.3 Å². The molecule has 0 unspecified atom stereocenters. The molecule has 10 heteroatoms. The van der Waals surface area contributed by atoms with Crippen molar-refractivity contribution in [2.75, 3.05) is 25.1 Å². The van der Waals surface area contributed by atoms with E-state index in [1.54, 1.807) is 24.1 Å². The van der Waals surface area contributed by atoms with E-state index in [1.165, 1.54) is 11.3 Å². The molecule has 0 aliphatic heterocycles. The van der Waals surface area contributed by atoms with Crippen LogP contribution < -0.4 is 9.47 Å². The summed E-state index contributed by atoms with van der Waals surface area (Å²) in [5.74, 6) is 0. The third-order valence-corrected chi connectivity index (χ3v) is 4.25. The van der Waals surface area contributed by atoms with Crippen molar-refractivity contribution in [1.82, 2.24) is 0 Å². The number of thiazole rings is 1. The molecular weight excluding hydrogens is 340 g/mol. The van der Waals surface area contributed by atoms with Crippen molar-refractivity contribution >= 4 is 38.2 Å². The molecule has 0 amide bonds. The molecule has 8 nitrogen and oxygen atoms in total. The Morgan fingerprint density at radius 2 is 2.00 bits per heavy atom. The third-order valence-electron chi connectivity index (χ3n) is 2.96. The standard InChI is InChI=1S/C13H16N4O4S2/c1-16(7-9-21-23(18,19)20)12-5-3-11(4-6-12)14-15-13-17(2)8-10-22-13/h3-6,8,10H,7,9H2,1-2H3. The maximum absolute atomic E-state index is 10.4. The molecule has 124 valence electrons. The highest BCUT2D eigenvalue weighted by Gasteiger charge is 2.07. The highest BCUT2D eigenvalue weighted by Crippen LogP contribution is 2.21. The second-order valence-electron chi connectivity index (χ2n) is 4.66. The van der Waals surface area contributed by atoms with Gasteiger partial charge in [0.2, 0.25) is 10.4 Å². The van der Waals surface area contributed by atoms with Gasteiger partial charge in [0.1, 0.15) is 11.9 Å². The molecule has 2 rings (SSSR count). The minimum atomic E-state index is -4.65. The molecule has 0 radical (unpaired) electrons. The Morgan fingerprint density at radius 1 is 1.30 bits per heavy atom. The van der Waals surface area contributed by atoms with Crippen LogP contribution in [0.2, 0.25) is 0 Å². The minimum Gasteiger partial charge on any atom is -0.726 e. The molecule has 0 fully saturated rings. The number of rotatable bonds is 7. The quantitative estimate of drug-likeness (QED) is 0.327. The summed E-state index contributed by atoms with van der Waals surface area (Å²) in [6.07, 6.45) is 1.90. The molecule has 0 spiro atoms. The fourth-order valence-corrected chi connectivity index (χ4v) is 2.66. The number of aromatic nitrogens is 1. The fraction of sp³-hybridized carbons (Fsp3) is 0.308. The van der Waals surface area contributed by atoms with Crippen LogP contribution in [0.15, 0.2) is 46.1 Å². The molecule has 0 aliphatic carbocycles. The number of hydrogen-bond acceptors (Lipinski definition) is 8. The van der Waals surface area contributed by atoms with Crippen molar-refractivity contribution < 1.29 is 21.7 Å². The summed E-state index contributed by atoms with van der Waals surface area (Å²) in [4.78, 5) is 1.77. The number of benzene rings is 1. The van der Waals surface area contributed by atoms with Crippen molar-refractivity contribution in [3.05, 3.63) is 35.8 Å². The van der Waals surface area contributed by atoms with Gasteiger partial charge in [-0.05, 0) is 40.7 Å². The summed E-state index contributed by atoms with van der Waals surface area (Å²) >= 11 is 1.49. The van der Waals surface area contributed by atoms with E-state index in [-0.39, 0.29) is 13.2 Å². The first-order valence-corrected chi connectivity index (χ1v) is 8.83. The zero-order chi connectivity index (χ0) is 16.9. The average molecular weight is 356 g/mol. The predicted octanol–water partition coefficient (Wildman–Crippen LogP) is 1.90. The summed E-state index contributed by atoms with van der Waals surface area (Å²) in [5.41, 5.74) is 1.55. The van der Waals surface area contributed by atoms with Gasteiger partial charge in [-0.1, -0.05) is 0 Å². The number of azo groups is 1. The molecule has 1 aromatic heterocycles. The van der Waals surface area contributed by atoms with Crippen LogP contribution in [0.5, 0.6) is 0 Å². The first-order chi connectivity index (χ1) is 10.8. The van der Waals surface area contributed by atoms with Crippen molar-refractivity contribution in [2.45, 2.75) is 0 Å². The van der Waals surface area contributed by atoms with E-state index in [1.807, 2.05) is 35.3 Å². The molecule has 0 bridgehead atoms. The second kappa shape index (κ2) is 7.59. The lowest BCUT2D eigenvalue weighted by Crippen LogP contribution is -2.23. The number of aryl methyl sites for hydroxylation is 1. The normalized spacial score (nSPS) is 12.0. The molecule has 2 aromatic rings. The van der Waals surface area contributed by atoms with Crippen LogP contribution in [0.25, 0.3) is 0 Å². The largest absolute Gasteiger partial charge is 0.726 e. The first-order valence-electron chi connectivity index (χ1n) is 6.61. The van der Waals surface area contributed by atoms with Crippen molar-refractivity contribution in [2.24, 2.45) is 17.3 Å². The van der Waals surface area contributed by atoms with E-state index in [4.69, 9.17) is 0 Å². The van der Waals surface area contributed by atoms with Gasteiger partial charge in [-0.3, -0.25) is 4.18 Å². The Kier molecular flexibility index (Phi) is 5.77. The summed E-state index contributed by atoms with van der Waals surface area (Å²) in [6.45, 7) is 0.0754. The van der Waals surface area contributed by atoms with Gasteiger partial charge in [0.05, 0.1) is 18.8 Å². The predicted molar refractivity (Wildman–Crippen MR) is 85.0 cm³/mol. The van der Waals surface area contributed by atoms with Crippen molar-refractivity contribution in [1.29, 1.82) is 0 Å². The van der Waals surface area contributed by atoms with Crippen LogP contribution in [-0.4, -0.2) is 33.2 Å². The maximum atomic E-state index is 10.4. The van der Waals surface area contributed by atoms with Crippen LogP contribution >= 0.6 is 11.3 Å². The van der Waals surface area contributed by atoms with Gasteiger partial charge in [0.25, 0.3) is 0 Å². The Hall–Kier alpha value is -1.88. The second-order valence-corrected chi connectivity index (χ2v) is 6.59. The molecular formula is C13H16N4O4S2. The number of anilines is 1. The van der Waals surface area contributed by atoms with Crippen LogP contribution in [0.3, 0.4) is 0 Å². The molecule has 0 atom stereocenters. The molecule has 0 saturated carbocycles. The van der Waals surface area contributed by atoms with E-state index in [0.717, 1.165) is 10.8 Å². The van der Waals surface area contributed by atoms with Crippen molar-refractivity contribution in [3.8, 4) is 0 Å². The average Bonchev–Trinajstić information content (AvgIpc) is 2.89. The van der Waals surface area contributed by atoms with Gasteiger partial charge in [-0.15, -0.1) is 0 Å². The van der Waals surface area contributed by atoms with Crippen molar-refractivity contribution in [3.63, 3.8) is 0 Å². The van der Waals surface area contributed by atoms with Gasteiger partial charge in [-0.2, -0.15) is 0 Å². The van der Waals surface area contributed by atoms with Crippen LogP contribution in [-0.2, 0) is 21.6 Å². The third kappa shape index (κ3) is 5.67. The molecule has 0 N–H and O–H groups in total. The number of hydrogen-bond donors (Lipinski definition) is 0. The van der Waals surface area contributed by atoms with Gasteiger partial charge in [0, 0.05) is 24.7 Å². The molecule has 0 saturated heterocycles. The number of likely N-dealkylation sites (N-methyl/N-ethyl adjacent to an activating group) is 1. The maximum Gasteiger partial charge on any atom is 0.408 e. The Morgan fingerprint density at radius 3 is 2.57 bits per heavy atom. The molecule has 0 aliphatic rings. The van der Waals surface area contributed by atoms with Crippen LogP contribution in [0.4, 0.5) is 16.5 Å². The first kappa shape index (κ1) is 17.5. The van der Waals surface area contributed by atoms with Crippen LogP contribution in [0.1, 0.15) is 0 Å². The Bertz CT molecular complexity index is 772. The molecule has 1 heterocycles. The van der Waals surface area contributed by atoms with Gasteiger partial charge < -0.3 is 9.45 Å². The van der Waals surface area contributed by atoms with E-state index in [0.29, 0.717) is 5.69 Å². The van der Waals surface area contributed by atoms with Crippen LogP contribution in [0, 0.1) is 0 Å². The zero-order valence-corrected chi connectivity index (χ0v) is 14.2. The van der Waals surface area contributed by atoms with Gasteiger partial charge in [0.15, 0.2) is 0 Å². The highest BCUT2D eigenvalue weighted by atomic mass is 32.3. The lowest BCUT2D eigenvalue weighted by Gasteiger charge is -2.19. The van der Waals surface area contributed by atoms with E-state index in [2.05, 4.69) is 14.4 Å². The van der Waals surface area contributed by atoms with Gasteiger partial charge >= 0.3 is 5.13 Å². The molecule has 1 aromatic carbocycles. The van der Waals surface area contributed by atoms with E-state index < -0.39 is 10.4 Å². The Balaban J connectivity index is 1.93. The summed E-state index contributed by atoms with van der Waals surface area (Å²) < 4.78 is 37.2. The fourth-order valence-electron chi connectivity index (χ4n) is 1.70. The lowest BCUT2D eigenvalue weighted by atomic mass is 10.2. The zero-order valence-electron chi connectivity index (χ0n) is 12.6. The SMILES string of the molecule is CN(CCOS(=O)(=O)[O-])c1ccc(N=Nc2scc[n+]2C)cc1. The molecule has 23 heavy (non-hydrogen) atoms.